The van der Waals surface area contributed by atoms with E-state index < -0.39 is 5.91 Å². The molecule has 0 aromatic carbocycles. The highest BCUT2D eigenvalue weighted by molar-refractivity contribution is 7.21. The molecular formula is C24H31N5O3S2. The van der Waals surface area contributed by atoms with Crippen LogP contribution in [0.1, 0.15) is 69.1 Å². The molecule has 3 heterocycles. The number of nitrogens with two attached hydrogens (primary N) is 1. The molecule has 2 amide bonds. The zero-order chi connectivity index (χ0) is 24.9. The van der Waals surface area contributed by atoms with Crippen LogP contribution in [0.25, 0.3) is 10.2 Å². The molecule has 34 heavy (non-hydrogen) atoms. The van der Waals surface area contributed by atoms with Gasteiger partial charge in [-0.15, -0.1) is 22.7 Å². The average molecular weight is 502 g/mol. The number of aromatic amines is 1. The summed E-state index contributed by atoms with van der Waals surface area (Å²) in [4.78, 5) is 49.6. The van der Waals surface area contributed by atoms with Crippen molar-refractivity contribution in [3.05, 3.63) is 42.6 Å². The van der Waals surface area contributed by atoms with Gasteiger partial charge in [0.25, 0.3) is 17.4 Å². The van der Waals surface area contributed by atoms with Crippen LogP contribution in [0.2, 0.25) is 0 Å². The number of rotatable bonds is 5. The number of nitrogens with zero attached hydrogens (tertiary/aromatic N) is 2. The number of thiophene rings is 2. The molecule has 1 aliphatic carbocycles. The lowest BCUT2D eigenvalue weighted by Crippen LogP contribution is -2.27. The van der Waals surface area contributed by atoms with E-state index in [1.165, 1.54) is 22.7 Å². The van der Waals surface area contributed by atoms with Crippen LogP contribution < -0.4 is 16.6 Å². The summed E-state index contributed by atoms with van der Waals surface area (Å²) in [7, 11) is 3.78. The summed E-state index contributed by atoms with van der Waals surface area (Å²) in [5, 5.41) is 3.84. The van der Waals surface area contributed by atoms with E-state index in [1.54, 1.807) is 6.92 Å². The van der Waals surface area contributed by atoms with Crippen molar-refractivity contribution in [2.45, 2.75) is 53.5 Å². The van der Waals surface area contributed by atoms with E-state index in [9.17, 15) is 14.4 Å². The first-order valence-corrected chi connectivity index (χ1v) is 12.9. The van der Waals surface area contributed by atoms with Gasteiger partial charge in [0.2, 0.25) is 0 Å². The third kappa shape index (κ3) is 4.54. The van der Waals surface area contributed by atoms with Crippen molar-refractivity contribution in [2.75, 3.05) is 19.4 Å². The van der Waals surface area contributed by atoms with Gasteiger partial charge in [0.15, 0.2) is 0 Å². The molecule has 0 saturated carbocycles. The molecule has 0 saturated heterocycles. The second-order valence-electron chi connectivity index (χ2n) is 10.3. The molecule has 0 fully saturated rings. The minimum atomic E-state index is -0.526. The Hall–Kier alpha value is -2.56. The molecule has 0 spiro atoms. The van der Waals surface area contributed by atoms with Crippen molar-refractivity contribution >= 4 is 49.7 Å². The Labute approximate surface area is 206 Å². The first kappa shape index (κ1) is 24.6. The fourth-order valence-electron chi connectivity index (χ4n) is 4.61. The number of aromatic nitrogens is 2. The van der Waals surface area contributed by atoms with Crippen LogP contribution in [0.15, 0.2) is 4.79 Å². The number of anilines is 1. The third-order valence-electron chi connectivity index (χ3n) is 6.49. The van der Waals surface area contributed by atoms with Gasteiger partial charge in [0, 0.05) is 4.88 Å². The maximum Gasteiger partial charge on any atom is 0.266 e. The number of carbonyl (C=O) groups is 2. The zero-order valence-electron chi connectivity index (χ0n) is 20.4. The van der Waals surface area contributed by atoms with Gasteiger partial charge < -0.3 is 20.9 Å². The molecule has 10 heteroatoms. The molecule has 3 aromatic heterocycles. The summed E-state index contributed by atoms with van der Waals surface area (Å²) in [6.07, 6.45) is 2.63. The fraction of sp³-hybridized carbons (Fsp3) is 0.500. The summed E-state index contributed by atoms with van der Waals surface area (Å²) >= 11 is 2.63. The van der Waals surface area contributed by atoms with Gasteiger partial charge in [-0.3, -0.25) is 14.4 Å². The van der Waals surface area contributed by atoms with E-state index >= 15 is 0 Å². The van der Waals surface area contributed by atoms with E-state index in [0.717, 1.165) is 29.7 Å². The van der Waals surface area contributed by atoms with Crippen molar-refractivity contribution in [1.82, 2.24) is 14.9 Å². The number of aryl methyl sites for hydroxylation is 1. The quantitative estimate of drug-likeness (QED) is 0.489. The van der Waals surface area contributed by atoms with Crippen LogP contribution in [0.3, 0.4) is 0 Å². The minimum Gasteiger partial charge on any atom is -0.365 e. The minimum absolute atomic E-state index is 0.164. The summed E-state index contributed by atoms with van der Waals surface area (Å²) in [5.41, 5.74) is 7.62. The lowest BCUT2D eigenvalue weighted by atomic mass is 9.72. The van der Waals surface area contributed by atoms with Gasteiger partial charge in [-0.2, -0.15) is 0 Å². The molecule has 4 rings (SSSR count). The lowest BCUT2D eigenvalue weighted by molar-refractivity contribution is 0.1000. The van der Waals surface area contributed by atoms with Crippen LogP contribution in [-0.4, -0.2) is 40.8 Å². The number of fused-ring (bicyclic) bond motifs is 2. The number of carbonyl (C=O) groups excluding carboxylic acids is 2. The maximum absolute atomic E-state index is 13.3. The second kappa shape index (κ2) is 8.90. The first-order chi connectivity index (χ1) is 15.9. The van der Waals surface area contributed by atoms with Crippen molar-refractivity contribution in [3.8, 4) is 0 Å². The van der Waals surface area contributed by atoms with E-state index in [0.29, 0.717) is 49.5 Å². The van der Waals surface area contributed by atoms with E-state index in [1.807, 2.05) is 19.0 Å². The number of hydrogen-bond donors (Lipinski definition) is 3. The summed E-state index contributed by atoms with van der Waals surface area (Å²) < 4.78 is 0. The summed E-state index contributed by atoms with van der Waals surface area (Å²) in [5.74, 6) is 0.164. The van der Waals surface area contributed by atoms with Gasteiger partial charge in [-0.05, 0) is 62.7 Å². The zero-order valence-corrected chi connectivity index (χ0v) is 22.1. The molecule has 1 atom stereocenters. The topological polar surface area (TPSA) is 121 Å². The lowest BCUT2D eigenvalue weighted by Gasteiger charge is -2.33. The predicted octanol–water partition coefficient (Wildman–Crippen LogP) is 3.92. The second-order valence-corrected chi connectivity index (χ2v) is 12.4. The average Bonchev–Trinajstić information content (AvgIpc) is 3.23. The highest BCUT2D eigenvalue weighted by Gasteiger charge is 2.34. The molecular weight excluding hydrogens is 470 g/mol. The summed E-state index contributed by atoms with van der Waals surface area (Å²) in [6, 6.07) is 0. The number of primary amides is 1. The van der Waals surface area contributed by atoms with E-state index in [-0.39, 0.29) is 16.9 Å². The highest BCUT2D eigenvalue weighted by Crippen LogP contribution is 2.44. The van der Waals surface area contributed by atoms with Crippen LogP contribution >= 0.6 is 22.7 Å². The standard InChI is InChI=1S/C24H31N5O3S2/c1-11-16-20(31)26-15(10-29(5)6)27-22(16)34-18(11)21(32)28-23-17(19(25)30)13-8-7-12(24(2,3)4)9-14(13)33-23/h12H,7-10H2,1-6H3,(H2,25,30)(H,28,32)(H,26,27,31). The highest BCUT2D eigenvalue weighted by atomic mass is 32.1. The third-order valence-corrected chi connectivity index (χ3v) is 8.84. The van der Waals surface area contributed by atoms with Crippen molar-refractivity contribution < 1.29 is 9.59 Å². The molecule has 4 N–H and O–H groups in total. The molecule has 0 radical (unpaired) electrons. The largest absolute Gasteiger partial charge is 0.365 e. The molecule has 8 nitrogen and oxygen atoms in total. The van der Waals surface area contributed by atoms with Crippen LogP contribution in [-0.2, 0) is 19.4 Å². The Kier molecular flexibility index (Phi) is 6.43. The SMILES string of the molecule is Cc1c(C(=O)Nc2sc3c(c2C(N)=O)CCC(C(C)(C)C)C3)sc2nc(CN(C)C)[nH]c(=O)c12. The van der Waals surface area contributed by atoms with Gasteiger partial charge in [0.05, 0.1) is 22.4 Å². The molecule has 0 aliphatic heterocycles. The first-order valence-electron chi connectivity index (χ1n) is 11.3. The monoisotopic (exact) mass is 501 g/mol. The van der Waals surface area contributed by atoms with E-state index in [4.69, 9.17) is 5.73 Å². The van der Waals surface area contributed by atoms with Crippen LogP contribution in [0.4, 0.5) is 5.00 Å². The smallest absolute Gasteiger partial charge is 0.266 e. The van der Waals surface area contributed by atoms with Crippen LogP contribution in [0, 0.1) is 18.3 Å². The molecule has 3 aromatic rings. The Morgan fingerprint density at radius 1 is 1.26 bits per heavy atom. The van der Waals surface area contributed by atoms with Crippen molar-refractivity contribution in [3.63, 3.8) is 0 Å². The Balaban J connectivity index is 1.69. The number of H-pyrrole nitrogens is 1. The summed E-state index contributed by atoms with van der Waals surface area (Å²) in [6.45, 7) is 8.94. The molecule has 182 valence electrons. The molecule has 1 unspecified atom stereocenters. The Bertz CT molecular complexity index is 1340. The molecule has 0 bridgehead atoms. The number of hydrogen-bond acceptors (Lipinski definition) is 7. The van der Waals surface area contributed by atoms with Gasteiger partial charge in [-0.1, -0.05) is 20.8 Å². The van der Waals surface area contributed by atoms with Gasteiger partial charge in [-0.25, -0.2) is 4.98 Å². The Morgan fingerprint density at radius 3 is 2.59 bits per heavy atom. The number of amides is 2. The van der Waals surface area contributed by atoms with E-state index in [2.05, 4.69) is 36.1 Å². The Morgan fingerprint density at radius 2 is 1.97 bits per heavy atom. The van der Waals surface area contributed by atoms with Gasteiger partial charge >= 0.3 is 0 Å². The normalized spacial score (nSPS) is 16.1. The van der Waals surface area contributed by atoms with Crippen molar-refractivity contribution in [2.24, 2.45) is 17.1 Å². The number of nitrogens with one attached hydrogen (secondary N) is 2. The fourth-order valence-corrected chi connectivity index (χ4v) is 7.04. The maximum atomic E-state index is 13.3. The van der Waals surface area contributed by atoms with Crippen molar-refractivity contribution in [1.29, 1.82) is 0 Å². The van der Waals surface area contributed by atoms with Gasteiger partial charge in [0.1, 0.15) is 15.7 Å². The predicted molar refractivity (Wildman–Crippen MR) is 138 cm³/mol. The molecule has 1 aliphatic rings. The van der Waals surface area contributed by atoms with Crippen LogP contribution in [0.5, 0.6) is 0 Å².